The van der Waals surface area contributed by atoms with Gasteiger partial charge in [-0.3, -0.25) is 0 Å². The van der Waals surface area contributed by atoms with Crippen LogP contribution in [0.15, 0.2) is 42.5 Å². The molecule has 0 bridgehead atoms. The second kappa shape index (κ2) is 8.44. The first-order chi connectivity index (χ1) is 13.4. The Hall–Kier alpha value is -2.86. The fourth-order valence-electron chi connectivity index (χ4n) is 3.29. The molecule has 1 heterocycles. The number of allylic oxidation sites excluding steroid dienone is 2. The zero-order valence-corrected chi connectivity index (χ0v) is 16.9. The van der Waals surface area contributed by atoms with Gasteiger partial charge in [0.05, 0.1) is 31.2 Å². The van der Waals surface area contributed by atoms with Crippen molar-refractivity contribution >= 4 is 11.9 Å². The van der Waals surface area contributed by atoms with Gasteiger partial charge in [-0.05, 0) is 44.5 Å². The molecule has 2 aromatic rings. The lowest BCUT2D eigenvalue weighted by molar-refractivity contribution is 0.0474. The molecule has 0 saturated heterocycles. The van der Waals surface area contributed by atoms with Crippen molar-refractivity contribution in [1.82, 2.24) is 9.78 Å². The predicted molar refractivity (Wildman–Crippen MR) is 107 cm³/mol. The summed E-state index contributed by atoms with van der Waals surface area (Å²) in [5.41, 5.74) is 4.97. The van der Waals surface area contributed by atoms with Crippen LogP contribution < -0.4 is 4.74 Å². The highest BCUT2D eigenvalue weighted by Gasteiger charge is 2.21. The van der Waals surface area contributed by atoms with Gasteiger partial charge in [-0.1, -0.05) is 31.2 Å². The van der Waals surface area contributed by atoms with Gasteiger partial charge in [0.15, 0.2) is 0 Å². The Kier molecular flexibility index (Phi) is 5.99. The van der Waals surface area contributed by atoms with E-state index in [4.69, 9.17) is 9.47 Å². The molecule has 0 radical (unpaired) electrons. The van der Waals surface area contributed by atoms with Gasteiger partial charge in [-0.25, -0.2) is 9.48 Å². The highest BCUT2D eigenvalue weighted by molar-refractivity contribution is 5.64. The van der Waals surface area contributed by atoms with Crippen molar-refractivity contribution in [3.63, 3.8) is 0 Å². The van der Waals surface area contributed by atoms with Crippen molar-refractivity contribution in [2.24, 2.45) is 5.92 Å². The van der Waals surface area contributed by atoms with Crippen molar-refractivity contribution in [3.8, 4) is 5.75 Å². The molecule has 6 heteroatoms. The number of rotatable bonds is 5. The molecule has 0 fully saturated rings. The van der Waals surface area contributed by atoms with Crippen molar-refractivity contribution in [1.29, 1.82) is 0 Å². The molecule has 28 heavy (non-hydrogen) atoms. The third kappa shape index (κ3) is 4.34. The fraction of sp³-hybridized carbons (Fsp3) is 0.364. The van der Waals surface area contributed by atoms with E-state index >= 15 is 0 Å². The Balaban J connectivity index is 1.71. The molecule has 148 valence electrons. The first-order valence-electron chi connectivity index (χ1n) is 9.28. The van der Waals surface area contributed by atoms with Crippen LogP contribution in [-0.4, -0.2) is 29.1 Å². The minimum absolute atomic E-state index is 0.0775. The molecule has 0 saturated carbocycles. The van der Waals surface area contributed by atoms with Crippen LogP contribution in [0.1, 0.15) is 29.4 Å². The average molecular weight is 382 g/mol. The number of hydrogen-bond donors (Lipinski definition) is 0. The largest absolute Gasteiger partial charge is 0.513 e. The van der Waals surface area contributed by atoms with E-state index < -0.39 is 6.16 Å². The molecule has 1 aromatic carbocycles. The molecule has 0 amide bonds. The van der Waals surface area contributed by atoms with Gasteiger partial charge < -0.3 is 14.2 Å². The summed E-state index contributed by atoms with van der Waals surface area (Å²) in [6, 6.07) is 7.60. The van der Waals surface area contributed by atoms with Gasteiger partial charge in [-0.15, -0.1) is 0 Å². The second-order valence-corrected chi connectivity index (χ2v) is 7.03. The van der Waals surface area contributed by atoms with Crippen LogP contribution in [0, 0.1) is 26.7 Å². The van der Waals surface area contributed by atoms with E-state index in [1.807, 2.05) is 43.7 Å². The summed E-state index contributed by atoms with van der Waals surface area (Å²) in [6.45, 7) is 8.44. The molecular weight excluding hydrogens is 356 g/mol. The SMILES string of the molecule is COC(=O)Oc1cccc(C)c1COC1C=CC(n2nc(C)cc2C)=C[C@H]1C. The highest BCUT2D eigenvalue weighted by Crippen LogP contribution is 2.28. The Bertz CT molecular complexity index is 927. The predicted octanol–water partition coefficient (Wildman–Crippen LogP) is 4.59. The normalized spacial score (nSPS) is 18.7. The van der Waals surface area contributed by atoms with E-state index in [0.717, 1.165) is 28.2 Å². The summed E-state index contributed by atoms with van der Waals surface area (Å²) >= 11 is 0. The van der Waals surface area contributed by atoms with Crippen molar-refractivity contribution in [2.45, 2.75) is 40.4 Å². The summed E-state index contributed by atoms with van der Waals surface area (Å²) in [4.78, 5) is 11.5. The number of aryl methyl sites for hydroxylation is 3. The summed E-state index contributed by atoms with van der Waals surface area (Å²) in [6.07, 6.45) is 5.43. The molecule has 0 spiro atoms. The third-order valence-electron chi connectivity index (χ3n) is 4.81. The Morgan fingerprint density at radius 2 is 2.04 bits per heavy atom. The molecule has 1 aliphatic carbocycles. The Morgan fingerprint density at radius 3 is 2.68 bits per heavy atom. The third-order valence-corrected chi connectivity index (χ3v) is 4.81. The first-order valence-corrected chi connectivity index (χ1v) is 9.28. The smallest absolute Gasteiger partial charge is 0.437 e. The number of carbonyl (C=O) groups is 1. The molecular formula is C22H26N2O4. The zero-order valence-electron chi connectivity index (χ0n) is 16.9. The molecule has 0 aliphatic heterocycles. The van der Waals surface area contributed by atoms with Crippen LogP contribution >= 0.6 is 0 Å². The lowest BCUT2D eigenvalue weighted by atomic mass is 9.97. The monoisotopic (exact) mass is 382 g/mol. The topological polar surface area (TPSA) is 62.6 Å². The maximum absolute atomic E-state index is 11.5. The number of methoxy groups -OCH3 is 1. The molecule has 2 atom stereocenters. The minimum Gasteiger partial charge on any atom is -0.437 e. The number of aromatic nitrogens is 2. The number of carbonyl (C=O) groups excluding carboxylic acids is 1. The zero-order chi connectivity index (χ0) is 20.3. The van der Waals surface area contributed by atoms with Crippen LogP contribution in [0.25, 0.3) is 5.70 Å². The maximum atomic E-state index is 11.5. The van der Waals surface area contributed by atoms with E-state index in [1.165, 1.54) is 7.11 Å². The van der Waals surface area contributed by atoms with E-state index in [9.17, 15) is 4.79 Å². The van der Waals surface area contributed by atoms with Gasteiger partial charge in [0, 0.05) is 17.2 Å². The van der Waals surface area contributed by atoms with E-state index in [2.05, 4.69) is 35.0 Å². The standard InChI is InChI=1S/C22H26N2O4/c1-14-7-6-8-21(28-22(25)26-5)19(14)13-27-20-10-9-18(11-15(20)2)24-17(4)12-16(3)23-24/h6-12,15,20H,13H2,1-5H3/t15-,20?/m1/s1. The van der Waals surface area contributed by atoms with Gasteiger partial charge in [0.25, 0.3) is 0 Å². The maximum Gasteiger partial charge on any atom is 0.513 e. The van der Waals surface area contributed by atoms with Crippen LogP contribution in [-0.2, 0) is 16.1 Å². The van der Waals surface area contributed by atoms with Crippen LogP contribution in [0.3, 0.4) is 0 Å². The van der Waals surface area contributed by atoms with Crippen LogP contribution in [0.4, 0.5) is 4.79 Å². The average Bonchev–Trinajstić information content (AvgIpc) is 3.00. The van der Waals surface area contributed by atoms with Gasteiger partial charge in [0.1, 0.15) is 5.75 Å². The molecule has 6 nitrogen and oxygen atoms in total. The minimum atomic E-state index is -0.741. The van der Waals surface area contributed by atoms with E-state index in [-0.39, 0.29) is 12.0 Å². The number of nitrogens with zero attached hydrogens (tertiary/aromatic N) is 2. The molecule has 1 aromatic heterocycles. The number of benzene rings is 1. The first kappa shape index (κ1) is 19.9. The molecule has 1 aliphatic rings. The number of hydrogen-bond acceptors (Lipinski definition) is 5. The summed E-state index contributed by atoms with van der Waals surface area (Å²) in [5.74, 6) is 0.635. The lowest BCUT2D eigenvalue weighted by Gasteiger charge is -2.24. The highest BCUT2D eigenvalue weighted by atomic mass is 16.7. The number of ether oxygens (including phenoxy) is 3. The van der Waals surface area contributed by atoms with Gasteiger partial charge >= 0.3 is 6.16 Å². The molecule has 3 rings (SSSR count). The van der Waals surface area contributed by atoms with E-state index in [1.54, 1.807) is 6.07 Å². The molecule has 1 unspecified atom stereocenters. The Labute approximate surface area is 165 Å². The van der Waals surface area contributed by atoms with Gasteiger partial charge in [0.2, 0.25) is 0 Å². The van der Waals surface area contributed by atoms with Gasteiger partial charge in [-0.2, -0.15) is 5.10 Å². The van der Waals surface area contributed by atoms with Crippen molar-refractivity contribution in [3.05, 3.63) is 65.0 Å². The van der Waals surface area contributed by atoms with Crippen molar-refractivity contribution in [2.75, 3.05) is 7.11 Å². The lowest BCUT2D eigenvalue weighted by Crippen LogP contribution is -2.22. The van der Waals surface area contributed by atoms with E-state index in [0.29, 0.717) is 12.4 Å². The van der Waals surface area contributed by atoms with Crippen LogP contribution in [0.2, 0.25) is 0 Å². The van der Waals surface area contributed by atoms with Crippen LogP contribution in [0.5, 0.6) is 5.75 Å². The quantitative estimate of drug-likeness (QED) is 0.559. The fourth-order valence-corrected chi connectivity index (χ4v) is 3.29. The summed E-state index contributed by atoms with van der Waals surface area (Å²) in [7, 11) is 1.29. The Morgan fingerprint density at radius 1 is 1.25 bits per heavy atom. The van der Waals surface area contributed by atoms with Crippen molar-refractivity contribution < 1.29 is 19.0 Å². The summed E-state index contributed by atoms with van der Waals surface area (Å²) < 4.78 is 17.9. The molecule has 0 N–H and O–H groups in total. The summed E-state index contributed by atoms with van der Waals surface area (Å²) in [5, 5.41) is 4.54. The second-order valence-electron chi connectivity index (χ2n) is 7.03.